The van der Waals surface area contributed by atoms with E-state index in [2.05, 4.69) is 33.6 Å². The summed E-state index contributed by atoms with van der Waals surface area (Å²) in [5, 5.41) is 11.1. The molecule has 1 heterocycles. The van der Waals surface area contributed by atoms with Crippen LogP contribution in [0, 0.1) is 12.3 Å². The van der Waals surface area contributed by atoms with Crippen molar-refractivity contribution in [2.45, 2.75) is 50.6 Å². The molecule has 0 saturated carbocycles. The van der Waals surface area contributed by atoms with Crippen molar-refractivity contribution in [3.63, 3.8) is 0 Å². The minimum absolute atomic E-state index is 0.0188. The molecule has 0 unspecified atom stereocenters. The molecule has 108 valence electrons. The maximum absolute atomic E-state index is 12.0. The van der Waals surface area contributed by atoms with Crippen molar-refractivity contribution < 1.29 is 4.79 Å². The van der Waals surface area contributed by atoms with Gasteiger partial charge in [-0.1, -0.05) is 6.07 Å². The van der Waals surface area contributed by atoms with Crippen LogP contribution in [0.1, 0.15) is 43.2 Å². The van der Waals surface area contributed by atoms with Gasteiger partial charge >= 0.3 is 0 Å². The molecule has 1 aromatic carbocycles. The average Bonchev–Trinajstić information content (AvgIpc) is 3.11. The van der Waals surface area contributed by atoms with Crippen molar-refractivity contribution >= 4 is 11.6 Å². The Morgan fingerprint density at radius 2 is 2.10 bits per heavy atom. The highest BCUT2D eigenvalue weighted by Gasteiger charge is 2.39. The fourth-order valence-corrected chi connectivity index (χ4v) is 2.85. The van der Waals surface area contributed by atoms with Gasteiger partial charge in [0.2, 0.25) is 5.91 Å². The van der Waals surface area contributed by atoms with Gasteiger partial charge in [-0.2, -0.15) is 10.2 Å². The lowest BCUT2D eigenvalue weighted by Crippen LogP contribution is -2.17. The summed E-state index contributed by atoms with van der Waals surface area (Å²) >= 11 is 0. The summed E-state index contributed by atoms with van der Waals surface area (Å²) in [6.07, 6.45) is 11.2. The number of amides is 1. The Kier molecular flexibility index (Phi) is 3.74. The van der Waals surface area contributed by atoms with E-state index in [1.54, 1.807) is 0 Å². The van der Waals surface area contributed by atoms with Crippen LogP contribution in [-0.2, 0) is 17.6 Å². The molecule has 3 rings (SSSR count). The number of benzene rings is 1. The van der Waals surface area contributed by atoms with Gasteiger partial charge in [-0.05, 0) is 42.5 Å². The molecule has 0 aromatic heterocycles. The second-order valence-electron chi connectivity index (χ2n) is 5.77. The monoisotopic (exact) mass is 281 g/mol. The largest absolute Gasteiger partial charge is 0.326 e. The number of nitrogens with one attached hydrogen (secondary N) is 1. The molecule has 0 atom stereocenters. The Balaban J connectivity index is 1.49. The highest BCUT2D eigenvalue weighted by atomic mass is 16.1. The third kappa shape index (κ3) is 3.30. The number of hydrogen-bond acceptors (Lipinski definition) is 3. The number of aryl methyl sites for hydroxylation is 2. The Hall–Kier alpha value is -2.15. The Morgan fingerprint density at radius 1 is 1.29 bits per heavy atom. The summed E-state index contributed by atoms with van der Waals surface area (Å²) in [7, 11) is 0. The summed E-state index contributed by atoms with van der Waals surface area (Å²) in [6, 6.07) is 6.21. The van der Waals surface area contributed by atoms with E-state index in [4.69, 9.17) is 6.42 Å². The van der Waals surface area contributed by atoms with Crippen LogP contribution in [0.3, 0.4) is 0 Å². The predicted molar refractivity (Wildman–Crippen MR) is 82.0 cm³/mol. The van der Waals surface area contributed by atoms with Crippen LogP contribution < -0.4 is 5.32 Å². The molecular formula is C17H19N3O. The molecule has 1 aromatic rings. The highest BCUT2D eigenvalue weighted by Crippen LogP contribution is 2.37. The van der Waals surface area contributed by atoms with Crippen molar-refractivity contribution in [1.29, 1.82) is 0 Å². The third-order valence-corrected chi connectivity index (χ3v) is 4.19. The van der Waals surface area contributed by atoms with Gasteiger partial charge < -0.3 is 5.32 Å². The van der Waals surface area contributed by atoms with Crippen LogP contribution in [-0.4, -0.2) is 11.6 Å². The maximum atomic E-state index is 12.0. The first kappa shape index (κ1) is 13.8. The molecular weight excluding hydrogens is 262 g/mol. The standard InChI is InChI=1S/C17H19N3O/c1-2-3-10-17(19-20-17)11-9-16(21)18-15-8-7-13-5-4-6-14(13)12-15/h1,7-8,12H,3-6,9-11H2,(H,18,21). The molecule has 2 aliphatic rings. The smallest absolute Gasteiger partial charge is 0.224 e. The quantitative estimate of drug-likeness (QED) is 0.797. The zero-order chi connectivity index (χ0) is 14.7. The molecule has 1 aliphatic carbocycles. The molecule has 0 saturated heterocycles. The van der Waals surface area contributed by atoms with Gasteiger partial charge in [-0.3, -0.25) is 4.79 Å². The van der Waals surface area contributed by atoms with Gasteiger partial charge in [0.1, 0.15) is 0 Å². The van der Waals surface area contributed by atoms with Gasteiger partial charge in [0.15, 0.2) is 5.66 Å². The SMILES string of the molecule is C#CCCC1(CCC(=O)Nc2ccc3c(c2)CCC3)N=N1. The van der Waals surface area contributed by atoms with Crippen LogP contribution in [0.5, 0.6) is 0 Å². The summed E-state index contributed by atoms with van der Waals surface area (Å²) < 4.78 is 0. The topological polar surface area (TPSA) is 53.8 Å². The van der Waals surface area contributed by atoms with Crippen LogP contribution >= 0.6 is 0 Å². The van der Waals surface area contributed by atoms with Crippen LogP contribution in [0.15, 0.2) is 28.4 Å². The number of hydrogen-bond donors (Lipinski definition) is 1. The van der Waals surface area contributed by atoms with Crippen LogP contribution in [0.25, 0.3) is 0 Å². The molecule has 0 radical (unpaired) electrons. The normalized spacial score (nSPS) is 17.1. The van der Waals surface area contributed by atoms with Crippen LogP contribution in [0.4, 0.5) is 5.69 Å². The van der Waals surface area contributed by atoms with Crippen LogP contribution in [0.2, 0.25) is 0 Å². The number of carbonyl (C=O) groups is 1. The molecule has 1 aliphatic heterocycles. The Bertz CT molecular complexity index is 621. The highest BCUT2D eigenvalue weighted by molar-refractivity contribution is 5.90. The van der Waals surface area contributed by atoms with E-state index < -0.39 is 0 Å². The molecule has 1 amide bonds. The zero-order valence-electron chi connectivity index (χ0n) is 12.1. The molecule has 4 nitrogen and oxygen atoms in total. The van der Waals surface area contributed by atoms with Crippen molar-refractivity contribution in [2.75, 3.05) is 5.32 Å². The lowest BCUT2D eigenvalue weighted by molar-refractivity contribution is -0.116. The zero-order valence-corrected chi connectivity index (χ0v) is 12.1. The minimum atomic E-state index is -0.373. The summed E-state index contributed by atoms with van der Waals surface area (Å²) in [5.41, 5.74) is 3.30. The van der Waals surface area contributed by atoms with Crippen molar-refractivity contribution in [3.05, 3.63) is 29.3 Å². The van der Waals surface area contributed by atoms with E-state index in [9.17, 15) is 4.79 Å². The van der Waals surface area contributed by atoms with Gasteiger partial charge in [0.25, 0.3) is 0 Å². The Morgan fingerprint density at radius 3 is 2.86 bits per heavy atom. The molecule has 21 heavy (non-hydrogen) atoms. The Labute approximate surface area is 125 Å². The lowest BCUT2D eigenvalue weighted by Gasteiger charge is -2.10. The lowest BCUT2D eigenvalue weighted by atomic mass is 10.0. The van der Waals surface area contributed by atoms with E-state index in [0.717, 1.165) is 24.9 Å². The van der Waals surface area contributed by atoms with E-state index >= 15 is 0 Å². The number of rotatable bonds is 6. The van der Waals surface area contributed by atoms with Gasteiger partial charge in [0, 0.05) is 31.4 Å². The fourth-order valence-electron chi connectivity index (χ4n) is 2.85. The van der Waals surface area contributed by atoms with Crippen molar-refractivity contribution in [2.24, 2.45) is 10.2 Å². The van der Waals surface area contributed by atoms with E-state index in [-0.39, 0.29) is 11.6 Å². The van der Waals surface area contributed by atoms with Gasteiger partial charge in [-0.25, -0.2) is 0 Å². The minimum Gasteiger partial charge on any atom is -0.326 e. The fraction of sp³-hybridized carbons (Fsp3) is 0.471. The van der Waals surface area contributed by atoms with Crippen molar-refractivity contribution in [1.82, 2.24) is 0 Å². The second-order valence-corrected chi connectivity index (χ2v) is 5.77. The molecule has 0 bridgehead atoms. The van der Waals surface area contributed by atoms with E-state index in [0.29, 0.717) is 19.3 Å². The van der Waals surface area contributed by atoms with E-state index in [1.807, 2.05) is 6.07 Å². The molecule has 0 fully saturated rings. The number of fused-ring (bicyclic) bond motifs is 1. The number of terminal acetylenes is 1. The second kappa shape index (κ2) is 5.69. The summed E-state index contributed by atoms with van der Waals surface area (Å²) in [4.78, 5) is 12.0. The molecule has 4 heteroatoms. The number of nitrogens with zero attached hydrogens (tertiary/aromatic N) is 2. The first-order chi connectivity index (χ1) is 10.2. The summed E-state index contributed by atoms with van der Waals surface area (Å²) in [5.74, 6) is 2.61. The van der Waals surface area contributed by atoms with Gasteiger partial charge in [0.05, 0.1) is 0 Å². The predicted octanol–water partition coefficient (Wildman–Crippen LogP) is 3.47. The first-order valence-corrected chi connectivity index (χ1v) is 7.50. The number of carbonyl (C=O) groups excluding carboxylic acids is 1. The van der Waals surface area contributed by atoms with Gasteiger partial charge in [-0.15, -0.1) is 12.3 Å². The number of anilines is 1. The average molecular weight is 281 g/mol. The maximum Gasteiger partial charge on any atom is 0.224 e. The third-order valence-electron chi connectivity index (χ3n) is 4.19. The van der Waals surface area contributed by atoms with Crippen molar-refractivity contribution in [3.8, 4) is 12.3 Å². The van der Waals surface area contributed by atoms with E-state index in [1.165, 1.54) is 17.5 Å². The summed E-state index contributed by atoms with van der Waals surface area (Å²) in [6.45, 7) is 0. The molecule has 1 N–H and O–H groups in total. The first-order valence-electron chi connectivity index (χ1n) is 7.50. The molecule has 0 spiro atoms.